The molecule has 1 aliphatic heterocycles. The van der Waals surface area contributed by atoms with Crippen LogP contribution in [0.4, 0.5) is 34.1 Å². The highest BCUT2D eigenvalue weighted by atomic mass is 15.2. The number of hydrogen-bond donors (Lipinski definition) is 0. The first-order valence-corrected chi connectivity index (χ1v) is 23.1. The molecule has 1 atom stereocenters. The molecule has 1 unspecified atom stereocenters. The quantitative estimate of drug-likeness (QED) is 0.158. The monoisotopic (exact) mass is 842 g/mol. The average Bonchev–Trinajstić information content (AvgIpc) is 3.81. The fraction of sp³-hybridized carbons (Fsp3) is 0.0625. The van der Waals surface area contributed by atoms with E-state index in [4.69, 9.17) is 0 Å². The number of benzene rings is 10. The van der Waals surface area contributed by atoms with E-state index in [1.54, 1.807) is 0 Å². The minimum atomic E-state index is -0.515. The number of anilines is 6. The maximum Gasteiger partial charge on any atom is 0.0754 e. The highest BCUT2D eigenvalue weighted by molar-refractivity contribution is 6.00. The first-order chi connectivity index (χ1) is 32.5. The lowest BCUT2D eigenvalue weighted by molar-refractivity contribution is 0.660. The first kappa shape index (κ1) is 38.3. The molecular weight excluding hydrogens is 797 g/mol. The second-order valence-electron chi connectivity index (χ2n) is 18.4. The summed E-state index contributed by atoms with van der Waals surface area (Å²) in [6, 6.07) is 89.9. The Morgan fingerprint density at radius 3 is 1.70 bits per heavy atom. The normalized spacial score (nSPS) is 15.6. The maximum atomic E-state index is 2.48. The van der Waals surface area contributed by atoms with Crippen molar-refractivity contribution in [1.82, 2.24) is 0 Å². The minimum Gasteiger partial charge on any atom is -0.310 e. The van der Waals surface area contributed by atoms with Gasteiger partial charge < -0.3 is 9.80 Å². The molecule has 0 spiro atoms. The Kier molecular flexibility index (Phi) is 8.51. The largest absolute Gasteiger partial charge is 0.310 e. The van der Waals surface area contributed by atoms with E-state index in [0.717, 1.165) is 22.7 Å². The fourth-order valence-corrected chi connectivity index (χ4v) is 11.7. The molecule has 0 saturated carbocycles. The highest BCUT2D eigenvalue weighted by Crippen LogP contribution is 2.65. The van der Waals surface area contributed by atoms with Crippen molar-refractivity contribution in [3.05, 3.63) is 276 Å². The van der Waals surface area contributed by atoms with E-state index in [0.29, 0.717) is 0 Å². The van der Waals surface area contributed by atoms with Crippen LogP contribution in [0.15, 0.2) is 243 Å². The van der Waals surface area contributed by atoms with Crippen LogP contribution in [0.25, 0.3) is 44.5 Å². The molecule has 2 aliphatic carbocycles. The van der Waals surface area contributed by atoms with E-state index in [9.17, 15) is 0 Å². The number of fused-ring (bicyclic) bond motifs is 8. The summed E-state index contributed by atoms with van der Waals surface area (Å²) in [6.07, 6.45) is 0. The van der Waals surface area contributed by atoms with Crippen molar-refractivity contribution in [2.45, 2.75) is 24.7 Å². The topological polar surface area (TPSA) is 6.48 Å². The summed E-state index contributed by atoms with van der Waals surface area (Å²) in [4.78, 5) is 4.91. The third-order valence-electron chi connectivity index (χ3n) is 14.7. The Labute approximate surface area is 387 Å². The Bertz CT molecular complexity index is 3500. The third kappa shape index (κ3) is 5.48. The lowest BCUT2D eigenvalue weighted by Gasteiger charge is -2.44. The summed E-state index contributed by atoms with van der Waals surface area (Å²) >= 11 is 0. The van der Waals surface area contributed by atoms with Gasteiger partial charge in [-0.1, -0.05) is 196 Å². The van der Waals surface area contributed by atoms with Crippen molar-refractivity contribution < 1.29 is 0 Å². The van der Waals surface area contributed by atoms with Gasteiger partial charge in [-0.25, -0.2) is 0 Å². The molecule has 10 aromatic carbocycles. The number of hydrogen-bond acceptors (Lipinski definition) is 2. The van der Waals surface area contributed by atoms with Crippen molar-refractivity contribution in [2.24, 2.45) is 0 Å². The molecule has 0 N–H and O–H groups in total. The summed E-state index contributed by atoms with van der Waals surface area (Å²) in [5.74, 6) is 0. The molecule has 0 amide bonds. The molecule has 0 radical (unpaired) electrons. The van der Waals surface area contributed by atoms with Gasteiger partial charge in [0.25, 0.3) is 0 Å². The summed E-state index contributed by atoms with van der Waals surface area (Å²) in [6.45, 7) is 4.73. The molecule has 312 valence electrons. The van der Waals surface area contributed by atoms with Crippen molar-refractivity contribution in [1.29, 1.82) is 0 Å². The molecule has 0 fully saturated rings. The number of para-hydroxylation sites is 3. The Balaban J connectivity index is 0.972. The molecule has 0 bridgehead atoms. The van der Waals surface area contributed by atoms with Gasteiger partial charge in [-0.2, -0.15) is 0 Å². The van der Waals surface area contributed by atoms with Gasteiger partial charge in [0.2, 0.25) is 0 Å². The van der Waals surface area contributed by atoms with Gasteiger partial charge in [0.15, 0.2) is 0 Å². The van der Waals surface area contributed by atoms with Crippen LogP contribution in [-0.2, 0) is 10.8 Å². The minimum absolute atomic E-state index is 0.125. The van der Waals surface area contributed by atoms with Gasteiger partial charge in [-0.3, -0.25) is 0 Å². The summed E-state index contributed by atoms with van der Waals surface area (Å²) in [5, 5.41) is 0. The van der Waals surface area contributed by atoms with Crippen LogP contribution in [0.5, 0.6) is 0 Å². The van der Waals surface area contributed by atoms with Gasteiger partial charge in [0, 0.05) is 33.6 Å². The third-order valence-corrected chi connectivity index (χ3v) is 14.7. The van der Waals surface area contributed by atoms with Crippen molar-refractivity contribution >= 4 is 34.1 Å². The molecule has 2 nitrogen and oxygen atoms in total. The summed E-state index contributed by atoms with van der Waals surface area (Å²) in [5.41, 5.74) is 24.3. The van der Waals surface area contributed by atoms with Crippen molar-refractivity contribution in [2.75, 3.05) is 9.80 Å². The van der Waals surface area contributed by atoms with Crippen molar-refractivity contribution in [3.63, 3.8) is 0 Å². The molecular formula is C64H46N2. The molecule has 13 rings (SSSR count). The van der Waals surface area contributed by atoms with E-state index in [1.165, 1.54) is 89.3 Å². The first-order valence-electron chi connectivity index (χ1n) is 23.1. The number of rotatable bonds is 7. The van der Waals surface area contributed by atoms with Crippen LogP contribution in [-0.4, -0.2) is 0 Å². The average molecular weight is 843 g/mol. The fourth-order valence-electron chi connectivity index (χ4n) is 11.7. The Hall–Kier alpha value is -8.20. The van der Waals surface area contributed by atoms with Gasteiger partial charge in [0.1, 0.15) is 0 Å². The molecule has 66 heavy (non-hydrogen) atoms. The van der Waals surface area contributed by atoms with Gasteiger partial charge in [-0.15, -0.1) is 0 Å². The Morgan fingerprint density at radius 2 is 0.909 bits per heavy atom. The van der Waals surface area contributed by atoms with Crippen molar-refractivity contribution in [3.8, 4) is 44.5 Å². The predicted molar refractivity (Wildman–Crippen MR) is 275 cm³/mol. The molecule has 10 aromatic rings. The van der Waals surface area contributed by atoms with Gasteiger partial charge in [-0.05, 0) is 127 Å². The van der Waals surface area contributed by atoms with Gasteiger partial charge >= 0.3 is 0 Å². The number of nitrogens with zero attached hydrogens (tertiary/aromatic N) is 2. The predicted octanol–water partition coefficient (Wildman–Crippen LogP) is 16.9. The molecule has 0 saturated heterocycles. The van der Waals surface area contributed by atoms with Crippen LogP contribution in [0.1, 0.15) is 47.2 Å². The zero-order valence-corrected chi connectivity index (χ0v) is 37.0. The molecule has 2 heteroatoms. The SMILES string of the molecule is CC1(C)c2ccccc2-c2ccc(N(c3ccc(-c4ccc5c(c4)C4(c6ccccc6)c6ccccc6N(c6ccccc6)c6cccc-5c64)cc3)c3ccccc3-c3ccccc3)cc21. The second-order valence-corrected chi connectivity index (χ2v) is 18.4. The van der Waals surface area contributed by atoms with E-state index in [1.807, 2.05) is 0 Å². The second kappa shape index (κ2) is 14.7. The van der Waals surface area contributed by atoms with Crippen LogP contribution in [0, 0.1) is 0 Å². The zero-order chi connectivity index (χ0) is 44.0. The van der Waals surface area contributed by atoms with E-state index in [-0.39, 0.29) is 5.41 Å². The summed E-state index contributed by atoms with van der Waals surface area (Å²) in [7, 11) is 0. The molecule has 3 aliphatic rings. The maximum absolute atomic E-state index is 2.48. The lowest BCUT2D eigenvalue weighted by atomic mass is 9.64. The lowest BCUT2D eigenvalue weighted by Crippen LogP contribution is -2.35. The van der Waals surface area contributed by atoms with Gasteiger partial charge in [0.05, 0.1) is 22.5 Å². The van der Waals surface area contributed by atoms with E-state index < -0.39 is 5.41 Å². The Morgan fingerprint density at radius 1 is 0.348 bits per heavy atom. The van der Waals surface area contributed by atoms with Crippen LogP contribution in [0.2, 0.25) is 0 Å². The van der Waals surface area contributed by atoms with Crippen LogP contribution < -0.4 is 9.80 Å². The smallest absolute Gasteiger partial charge is 0.0754 e. The van der Waals surface area contributed by atoms with Crippen LogP contribution >= 0.6 is 0 Å². The van der Waals surface area contributed by atoms with E-state index in [2.05, 4.69) is 266 Å². The van der Waals surface area contributed by atoms with E-state index >= 15 is 0 Å². The molecule has 0 aromatic heterocycles. The standard InChI is InChI=1S/C64H46N2/c1-63(2)55-28-14-12-26-51(55)52-40-38-49(42-57(52)63)65(59-30-16-13-25-50(59)44-19-6-3-7-20-44)48-36-33-43(34-37-48)45-35-39-53-54-27-18-32-61-62(54)64(58(53)41-45,46-21-8-4-9-22-46)56-29-15-17-31-60(56)66(61)47-23-10-5-11-24-47/h3-42H,1-2H3. The van der Waals surface area contributed by atoms with Crippen LogP contribution in [0.3, 0.4) is 0 Å². The zero-order valence-electron chi connectivity index (χ0n) is 37.0. The highest BCUT2D eigenvalue weighted by Gasteiger charge is 2.52. The summed E-state index contributed by atoms with van der Waals surface area (Å²) < 4.78 is 0. The molecule has 1 heterocycles.